The van der Waals surface area contributed by atoms with E-state index in [1.165, 1.54) is 0 Å². The van der Waals surface area contributed by atoms with Crippen molar-refractivity contribution in [2.75, 3.05) is 13.2 Å². The molecule has 2 nitrogen and oxygen atoms in total. The van der Waals surface area contributed by atoms with Crippen LogP contribution < -0.4 is 0 Å². The molecule has 56 valence electrons. The van der Waals surface area contributed by atoms with Gasteiger partial charge in [-0.2, -0.15) is 0 Å². The Morgan fingerprint density at radius 1 is 1.22 bits per heavy atom. The Hall–Kier alpha value is -0.0800. The molecule has 0 saturated heterocycles. The number of hydrogen-bond donors (Lipinski definition) is 0. The van der Waals surface area contributed by atoms with E-state index in [9.17, 15) is 0 Å². The van der Waals surface area contributed by atoms with Crippen LogP contribution in [0.25, 0.3) is 0 Å². The highest BCUT2D eigenvalue weighted by Gasteiger charge is 2.06. The van der Waals surface area contributed by atoms with Gasteiger partial charge in [-0.15, -0.1) is 0 Å². The highest BCUT2D eigenvalue weighted by Crippen LogP contribution is 2.08. The van der Waals surface area contributed by atoms with Gasteiger partial charge in [0.1, 0.15) is 0 Å². The summed E-state index contributed by atoms with van der Waals surface area (Å²) >= 11 is 0. The third-order valence-electron chi connectivity index (χ3n) is 0.899. The van der Waals surface area contributed by atoms with E-state index in [-0.39, 0.29) is 0 Å². The van der Waals surface area contributed by atoms with Gasteiger partial charge in [-0.1, -0.05) is 0 Å². The standard InChI is InChI=1S/C7H15O2/c1-5-8-7(3,4)9-6-2/h3,5-6H2,1-2,4H3/q-1. The van der Waals surface area contributed by atoms with E-state index in [4.69, 9.17) is 9.47 Å². The largest absolute Gasteiger partial charge is 0.381 e. The summed E-state index contributed by atoms with van der Waals surface area (Å²) in [5.74, 6) is -0.649. The van der Waals surface area contributed by atoms with E-state index >= 15 is 0 Å². The highest BCUT2D eigenvalue weighted by atomic mass is 16.7. The van der Waals surface area contributed by atoms with Gasteiger partial charge in [0.25, 0.3) is 0 Å². The fourth-order valence-corrected chi connectivity index (χ4v) is 0.652. The van der Waals surface area contributed by atoms with Crippen molar-refractivity contribution in [2.45, 2.75) is 26.6 Å². The molecule has 0 aromatic rings. The molecule has 0 aliphatic rings. The van der Waals surface area contributed by atoms with E-state index in [0.29, 0.717) is 13.2 Å². The minimum absolute atomic E-state index is 0.639. The second kappa shape index (κ2) is 3.85. The van der Waals surface area contributed by atoms with Crippen molar-refractivity contribution in [3.05, 3.63) is 6.92 Å². The van der Waals surface area contributed by atoms with Gasteiger partial charge in [-0.05, 0) is 20.8 Å². The molecule has 0 saturated carbocycles. The van der Waals surface area contributed by atoms with Gasteiger partial charge in [0, 0.05) is 19.0 Å². The lowest BCUT2D eigenvalue weighted by Crippen LogP contribution is -2.28. The first-order valence-corrected chi connectivity index (χ1v) is 3.25. The average Bonchev–Trinajstić information content (AvgIpc) is 1.64. The zero-order chi connectivity index (χ0) is 7.33. The highest BCUT2D eigenvalue weighted by molar-refractivity contribution is 4.63. The molecule has 0 heterocycles. The summed E-state index contributed by atoms with van der Waals surface area (Å²) in [5, 5.41) is 0. The van der Waals surface area contributed by atoms with Crippen LogP contribution in [0.2, 0.25) is 0 Å². The molecule has 0 amide bonds. The maximum atomic E-state index is 5.14. The van der Waals surface area contributed by atoms with Gasteiger partial charge in [0.05, 0.1) is 0 Å². The molecule has 0 radical (unpaired) electrons. The molecular formula is C7H15O2-. The van der Waals surface area contributed by atoms with Crippen LogP contribution in [0.15, 0.2) is 0 Å². The molecule has 0 aliphatic carbocycles. The Morgan fingerprint density at radius 2 is 1.56 bits per heavy atom. The second-order valence-corrected chi connectivity index (χ2v) is 2.00. The van der Waals surface area contributed by atoms with E-state index in [1.807, 2.05) is 13.8 Å². The minimum atomic E-state index is -0.649. The molecule has 0 rings (SSSR count). The second-order valence-electron chi connectivity index (χ2n) is 2.00. The molecule has 2 heteroatoms. The molecule has 9 heavy (non-hydrogen) atoms. The smallest absolute Gasteiger partial charge is 0.0439 e. The van der Waals surface area contributed by atoms with Crippen LogP contribution in [0, 0.1) is 6.92 Å². The van der Waals surface area contributed by atoms with E-state index < -0.39 is 5.79 Å². The van der Waals surface area contributed by atoms with E-state index in [0.717, 1.165) is 0 Å². The Labute approximate surface area is 57.2 Å². The van der Waals surface area contributed by atoms with Gasteiger partial charge in [-0.25, -0.2) is 0 Å². The van der Waals surface area contributed by atoms with E-state index in [2.05, 4.69) is 6.92 Å². The van der Waals surface area contributed by atoms with Crippen molar-refractivity contribution in [3.63, 3.8) is 0 Å². The van der Waals surface area contributed by atoms with Crippen LogP contribution in [0.1, 0.15) is 20.8 Å². The lowest BCUT2D eigenvalue weighted by atomic mass is 10.4. The Kier molecular flexibility index (Phi) is 3.82. The van der Waals surface area contributed by atoms with Gasteiger partial charge in [0.15, 0.2) is 0 Å². The van der Waals surface area contributed by atoms with Gasteiger partial charge in [-0.3, -0.25) is 6.92 Å². The first kappa shape index (κ1) is 8.92. The number of ether oxygens (including phenoxy) is 2. The molecule has 0 spiro atoms. The van der Waals surface area contributed by atoms with Crippen LogP contribution in [-0.4, -0.2) is 19.0 Å². The summed E-state index contributed by atoms with van der Waals surface area (Å²) in [5.41, 5.74) is 0. The van der Waals surface area contributed by atoms with Gasteiger partial charge >= 0.3 is 0 Å². The van der Waals surface area contributed by atoms with Crippen molar-refractivity contribution < 1.29 is 9.47 Å². The molecule has 0 N–H and O–H groups in total. The van der Waals surface area contributed by atoms with Crippen molar-refractivity contribution in [3.8, 4) is 0 Å². The lowest BCUT2D eigenvalue weighted by molar-refractivity contribution is -0.188. The van der Waals surface area contributed by atoms with Crippen LogP contribution in [0.3, 0.4) is 0 Å². The molecule has 0 aromatic carbocycles. The molecule has 0 aromatic heterocycles. The van der Waals surface area contributed by atoms with E-state index in [1.54, 1.807) is 6.92 Å². The maximum absolute atomic E-state index is 5.14. The molecule has 0 aliphatic heterocycles. The fourth-order valence-electron chi connectivity index (χ4n) is 0.652. The molecule has 0 fully saturated rings. The fraction of sp³-hybridized carbons (Fsp3) is 0.857. The summed E-state index contributed by atoms with van der Waals surface area (Å²) in [6, 6.07) is 0. The zero-order valence-electron chi connectivity index (χ0n) is 6.44. The Bertz CT molecular complexity index is 61.3. The van der Waals surface area contributed by atoms with Crippen molar-refractivity contribution in [1.29, 1.82) is 0 Å². The monoisotopic (exact) mass is 131 g/mol. The number of rotatable bonds is 4. The van der Waals surface area contributed by atoms with Crippen LogP contribution in [-0.2, 0) is 9.47 Å². The predicted molar refractivity (Wildman–Crippen MR) is 37.0 cm³/mol. The van der Waals surface area contributed by atoms with Gasteiger partial charge < -0.3 is 9.47 Å². The minimum Gasteiger partial charge on any atom is -0.381 e. The summed E-state index contributed by atoms with van der Waals surface area (Å²) in [6.45, 7) is 10.6. The molecule has 0 bridgehead atoms. The lowest BCUT2D eigenvalue weighted by Gasteiger charge is -2.31. The topological polar surface area (TPSA) is 18.5 Å². The quantitative estimate of drug-likeness (QED) is 0.426. The van der Waals surface area contributed by atoms with Gasteiger partial charge in [0.2, 0.25) is 0 Å². The SMILES string of the molecule is [CH2-]C(C)(OCC)OCC. The summed E-state index contributed by atoms with van der Waals surface area (Å²) < 4.78 is 10.3. The predicted octanol–water partition coefficient (Wildman–Crippen LogP) is 1.61. The van der Waals surface area contributed by atoms with Crippen LogP contribution in [0.4, 0.5) is 0 Å². The summed E-state index contributed by atoms with van der Waals surface area (Å²) in [6.07, 6.45) is 0. The number of hydrogen-bond acceptors (Lipinski definition) is 2. The molecule has 0 atom stereocenters. The first-order chi connectivity index (χ1) is 4.12. The van der Waals surface area contributed by atoms with Crippen molar-refractivity contribution in [2.24, 2.45) is 0 Å². The Morgan fingerprint density at radius 3 is 1.78 bits per heavy atom. The zero-order valence-corrected chi connectivity index (χ0v) is 6.44. The Balaban J connectivity index is 3.43. The van der Waals surface area contributed by atoms with Crippen molar-refractivity contribution >= 4 is 0 Å². The van der Waals surface area contributed by atoms with Crippen LogP contribution >= 0.6 is 0 Å². The summed E-state index contributed by atoms with van der Waals surface area (Å²) in [7, 11) is 0. The van der Waals surface area contributed by atoms with Crippen molar-refractivity contribution in [1.82, 2.24) is 0 Å². The third kappa shape index (κ3) is 4.43. The first-order valence-electron chi connectivity index (χ1n) is 3.25. The normalized spacial score (nSPS) is 12.0. The van der Waals surface area contributed by atoms with Crippen LogP contribution in [0.5, 0.6) is 0 Å². The molecular weight excluding hydrogens is 116 g/mol. The third-order valence-corrected chi connectivity index (χ3v) is 0.899. The summed E-state index contributed by atoms with van der Waals surface area (Å²) in [4.78, 5) is 0. The molecule has 0 unspecified atom stereocenters. The maximum Gasteiger partial charge on any atom is 0.0439 e. The average molecular weight is 131 g/mol.